The first-order valence-electron chi connectivity index (χ1n) is 6.43. The van der Waals surface area contributed by atoms with Crippen LogP contribution in [0.4, 0.5) is 14.9 Å². The fourth-order valence-electron chi connectivity index (χ4n) is 2.42. The zero-order valence-corrected chi connectivity index (χ0v) is 11.4. The lowest BCUT2D eigenvalue weighted by Gasteiger charge is -2.14. The number of rotatable bonds is 2. The molecule has 1 aromatic carbocycles. The van der Waals surface area contributed by atoms with Gasteiger partial charge in [0.25, 0.3) is 0 Å². The monoisotopic (exact) mass is 280 g/mol. The van der Waals surface area contributed by atoms with E-state index in [2.05, 4.69) is 5.32 Å². The second-order valence-corrected chi connectivity index (χ2v) is 5.22. The van der Waals surface area contributed by atoms with E-state index < -0.39 is 6.09 Å². The summed E-state index contributed by atoms with van der Waals surface area (Å²) in [5.41, 5.74) is 0.976. The van der Waals surface area contributed by atoms with Crippen LogP contribution in [0.2, 0.25) is 0 Å². The number of carboxylic acid groups (broad SMARTS) is 1. The molecule has 1 heterocycles. The number of nitrogens with zero attached hydrogens (tertiary/aromatic N) is 1. The lowest BCUT2D eigenvalue weighted by molar-refractivity contribution is -0.120. The van der Waals surface area contributed by atoms with Crippen LogP contribution in [0, 0.1) is 24.6 Å². The van der Waals surface area contributed by atoms with E-state index in [1.165, 1.54) is 17.0 Å². The van der Waals surface area contributed by atoms with Gasteiger partial charge in [-0.05, 0) is 36.6 Å². The lowest BCUT2D eigenvalue weighted by atomic mass is 9.97. The topological polar surface area (TPSA) is 69.6 Å². The molecule has 1 aliphatic heterocycles. The van der Waals surface area contributed by atoms with Crippen molar-refractivity contribution in [2.24, 2.45) is 11.8 Å². The fourth-order valence-corrected chi connectivity index (χ4v) is 2.42. The summed E-state index contributed by atoms with van der Waals surface area (Å²) in [5.74, 6) is -0.967. The van der Waals surface area contributed by atoms with Gasteiger partial charge < -0.3 is 15.3 Å². The van der Waals surface area contributed by atoms with Gasteiger partial charge in [0.15, 0.2) is 0 Å². The highest BCUT2D eigenvalue weighted by Gasteiger charge is 2.36. The number of carbonyl (C=O) groups excluding carboxylic acids is 1. The van der Waals surface area contributed by atoms with Crippen LogP contribution in [-0.4, -0.2) is 35.1 Å². The van der Waals surface area contributed by atoms with E-state index >= 15 is 0 Å². The van der Waals surface area contributed by atoms with Crippen molar-refractivity contribution in [3.8, 4) is 0 Å². The van der Waals surface area contributed by atoms with Crippen LogP contribution in [0.3, 0.4) is 0 Å². The number of hydrogen-bond donors (Lipinski definition) is 2. The Morgan fingerprint density at radius 1 is 1.40 bits per heavy atom. The third-order valence-electron chi connectivity index (χ3n) is 3.65. The lowest BCUT2D eigenvalue weighted by Crippen LogP contribution is -2.30. The molecule has 6 heteroatoms. The smallest absolute Gasteiger partial charge is 0.407 e. The zero-order valence-electron chi connectivity index (χ0n) is 11.4. The van der Waals surface area contributed by atoms with Crippen molar-refractivity contribution in [3.05, 3.63) is 29.6 Å². The van der Waals surface area contributed by atoms with Gasteiger partial charge >= 0.3 is 6.09 Å². The Labute approximate surface area is 116 Å². The van der Waals surface area contributed by atoms with Crippen LogP contribution < -0.4 is 5.32 Å². The van der Waals surface area contributed by atoms with Gasteiger partial charge in [-0.1, -0.05) is 6.92 Å². The Bertz CT molecular complexity index is 547. The van der Waals surface area contributed by atoms with Crippen molar-refractivity contribution in [2.75, 3.05) is 18.4 Å². The Balaban J connectivity index is 2.05. The van der Waals surface area contributed by atoms with Crippen molar-refractivity contribution in [3.63, 3.8) is 0 Å². The minimum Gasteiger partial charge on any atom is -0.465 e. The number of nitrogens with one attached hydrogen (secondary N) is 1. The molecule has 108 valence electrons. The van der Waals surface area contributed by atoms with Crippen molar-refractivity contribution in [2.45, 2.75) is 13.8 Å². The number of amides is 2. The summed E-state index contributed by atoms with van der Waals surface area (Å²) < 4.78 is 13.2. The van der Waals surface area contributed by atoms with Crippen LogP contribution in [0.25, 0.3) is 0 Å². The number of anilines is 1. The quantitative estimate of drug-likeness (QED) is 0.873. The van der Waals surface area contributed by atoms with Crippen LogP contribution >= 0.6 is 0 Å². The predicted molar refractivity (Wildman–Crippen MR) is 72.0 cm³/mol. The molecule has 0 aromatic heterocycles. The summed E-state index contributed by atoms with van der Waals surface area (Å²) in [5, 5.41) is 11.7. The number of carbonyl (C=O) groups is 2. The van der Waals surface area contributed by atoms with Gasteiger partial charge in [-0.25, -0.2) is 9.18 Å². The van der Waals surface area contributed by atoms with Crippen molar-refractivity contribution in [1.29, 1.82) is 0 Å². The fraction of sp³-hybridized carbons (Fsp3) is 0.429. The zero-order chi connectivity index (χ0) is 14.9. The van der Waals surface area contributed by atoms with Crippen LogP contribution in [0.15, 0.2) is 18.2 Å². The van der Waals surface area contributed by atoms with Crippen LogP contribution in [-0.2, 0) is 4.79 Å². The summed E-state index contributed by atoms with van der Waals surface area (Å²) in [6, 6.07) is 4.35. The Morgan fingerprint density at radius 2 is 2.10 bits per heavy atom. The number of benzene rings is 1. The largest absolute Gasteiger partial charge is 0.465 e. The molecule has 1 aromatic rings. The highest BCUT2D eigenvalue weighted by molar-refractivity contribution is 5.93. The molecule has 0 spiro atoms. The number of aryl methyl sites for hydroxylation is 1. The molecular formula is C14H17FN2O3. The first-order chi connectivity index (χ1) is 9.38. The Morgan fingerprint density at radius 3 is 2.65 bits per heavy atom. The molecule has 0 bridgehead atoms. The number of halogens is 1. The maximum Gasteiger partial charge on any atom is 0.407 e. The van der Waals surface area contributed by atoms with Gasteiger partial charge in [-0.2, -0.15) is 0 Å². The van der Waals surface area contributed by atoms with E-state index in [1.807, 2.05) is 6.92 Å². The molecule has 2 N–H and O–H groups in total. The van der Waals surface area contributed by atoms with E-state index in [-0.39, 0.29) is 30.1 Å². The average Bonchev–Trinajstić information content (AvgIpc) is 2.76. The average molecular weight is 280 g/mol. The highest BCUT2D eigenvalue weighted by atomic mass is 19.1. The molecular weight excluding hydrogens is 263 g/mol. The van der Waals surface area contributed by atoms with Crippen LogP contribution in [0.5, 0.6) is 0 Å². The molecule has 1 fully saturated rings. The summed E-state index contributed by atoms with van der Waals surface area (Å²) in [4.78, 5) is 24.3. The standard InChI is InChI=1S/C14H17FN2O3/c1-8-5-10(3-4-12(8)15)16-13(18)11-7-17(14(19)20)6-9(11)2/h3-5,9,11H,6-7H2,1-2H3,(H,16,18)(H,19,20). The first-order valence-corrected chi connectivity index (χ1v) is 6.43. The SMILES string of the molecule is Cc1cc(NC(=O)C2CN(C(=O)O)CC2C)ccc1F. The van der Waals surface area contributed by atoms with E-state index in [9.17, 15) is 14.0 Å². The molecule has 0 radical (unpaired) electrons. The van der Waals surface area contributed by atoms with E-state index in [4.69, 9.17) is 5.11 Å². The summed E-state index contributed by atoms with van der Waals surface area (Å²) in [6.07, 6.45) is -1.01. The second kappa shape index (κ2) is 5.48. The van der Waals surface area contributed by atoms with Crippen LogP contribution in [0.1, 0.15) is 12.5 Å². The van der Waals surface area contributed by atoms with Gasteiger partial charge in [-0.15, -0.1) is 0 Å². The number of hydrogen-bond acceptors (Lipinski definition) is 2. The second-order valence-electron chi connectivity index (χ2n) is 5.22. The molecule has 20 heavy (non-hydrogen) atoms. The molecule has 2 unspecified atom stereocenters. The third-order valence-corrected chi connectivity index (χ3v) is 3.65. The summed E-state index contributed by atoms with van der Waals surface area (Å²) in [7, 11) is 0. The molecule has 5 nitrogen and oxygen atoms in total. The Hall–Kier alpha value is -2.11. The number of likely N-dealkylation sites (tertiary alicyclic amines) is 1. The van der Waals surface area contributed by atoms with Crippen molar-refractivity contribution < 1.29 is 19.1 Å². The van der Waals surface area contributed by atoms with Gasteiger partial charge in [-0.3, -0.25) is 4.79 Å². The van der Waals surface area contributed by atoms with Crippen molar-refractivity contribution in [1.82, 2.24) is 4.90 Å². The van der Waals surface area contributed by atoms with E-state index in [0.717, 1.165) is 0 Å². The highest BCUT2D eigenvalue weighted by Crippen LogP contribution is 2.25. The molecule has 2 amide bonds. The van der Waals surface area contributed by atoms with Crippen molar-refractivity contribution >= 4 is 17.7 Å². The molecule has 1 saturated heterocycles. The van der Waals surface area contributed by atoms with Gasteiger partial charge in [0, 0.05) is 18.8 Å². The van der Waals surface area contributed by atoms with Gasteiger partial charge in [0.05, 0.1) is 5.92 Å². The molecule has 2 rings (SSSR count). The molecule has 0 saturated carbocycles. The molecule has 0 aliphatic carbocycles. The summed E-state index contributed by atoms with van der Waals surface area (Å²) in [6.45, 7) is 4.02. The Kier molecular flexibility index (Phi) is 3.92. The maximum absolute atomic E-state index is 13.2. The molecule has 1 aliphatic rings. The summed E-state index contributed by atoms with van der Waals surface area (Å²) >= 11 is 0. The van der Waals surface area contributed by atoms with E-state index in [0.29, 0.717) is 17.8 Å². The first kappa shape index (κ1) is 14.3. The molecule has 2 atom stereocenters. The third kappa shape index (κ3) is 2.89. The van der Waals surface area contributed by atoms with Gasteiger partial charge in [0.1, 0.15) is 5.82 Å². The minimum atomic E-state index is -1.01. The van der Waals surface area contributed by atoms with Gasteiger partial charge in [0.2, 0.25) is 5.91 Å². The normalized spacial score (nSPS) is 21.9. The van der Waals surface area contributed by atoms with E-state index in [1.54, 1.807) is 13.0 Å². The maximum atomic E-state index is 13.2. The minimum absolute atomic E-state index is 0.0346. The predicted octanol–water partition coefficient (Wildman–Crippen LogP) is 2.32.